The van der Waals surface area contributed by atoms with E-state index >= 15 is 0 Å². The Kier molecular flexibility index (Phi) is 4.05. The van der Waals surface area contributed by atoms with Crippen molar-refractivity contribution in [2.75, 3.05) is 7.05 Å². The minimum Gasteiger partial charge on any atom is -0.394 e. The molecule has 2 rings (SSSR count). The number of nitrogens with one attached hydrogen (secondary N) is 1. The maximum atomic E-state index is 12.1. The highest BCUT2D eigenvalue weighted by atomic mass is 16.1. The van der Waals surface area contributed by atoms with Crippen LogP contribution in [0, 0.1) is 0 Å². The first-order chi connectivity index (χ1) is 9.63. The molecule has 0 fully saturated rings. The highest BCUT2D eigenvalue weighted by molar-refractivity contribution is 6.06. The fraction of sp³-hybridized carbons (Fsp3) is 0.143. The SMILES string of the molecule is CN/C=C(\C)C(=O)c1nn(-c2cccnc2)ccc1=O. The van der Waals surface area contributed by atoms with E-state index in [0.29, 0.717) is 11.3 Å². The molecular weight excluding hydrogens is 256 g/mol. The molecule has 0 aliphatic carbocycles. The zero-order chi connectivity index (χ0) is 14.5. The van der Waals surface area contributed by atoms with Crippen molar-refractivity contribution in [3.8, 4) is 5.69 Å². The first kappa shape index (κ1) is 13.7. The molecule has 0 saturated heterocycles. The molecule has 102 valence electrons. The van der Waals surface area contributed by atoms with Gasteiger partial charge >= 0.3 is 0 Å². The van der Waals surface area contributed by atoms with Gasteiger partial charge in [0.05, 0.1) is 11.9 Å². The third-order valence-corrected chi connectivity index (χ3v) is 2.65. The molecule has 6 nitrogen and oxygen atoms in total. The van der Waals surface area contributed by atoms with E-state index in [0.717, 1.165) is 0 Å². The summed E-state index contributed by atoms with van der Waals surface area (Å²) in [5, 5.41) is 6.85. The zero-order valence-electron chi connectivity index (χ0n) is 11.2. The van der Waals surface area contributed by atoms with Gasteiger partial charge in [0.25, 0.3) is 0 Å². The first-order valence-corrected chi connectivity index (χ1v) is 6.02. The van der Waals surface area contributed by atoms with E-state index in [4.69, 9.17) is 0 Å². The normalized spacial score (nSPS) is 11.2. The number of nitrogens with zero attached hydrogens (tertiary/aromatic N) is 3. The second-order valence-electron chi connectivity index (χ2n) is 4.13. The third kappa shape index (κ3) is 2.80. The molecule has 6 heteroatoms. The summed E-state index contributed by atoms with van der Waals surface area (Å²) < 4.78 is 1.45. The maximum Gasteiger partial charge on any atom is 0.214 e. The van der Waals surface area contributed by atoms with E-state index in [1.54, 1.807) is 38.5 Å². The Balaban J connectivity index is 2.48. The summed E-state index contributed by atoms with van der Waals surface area (Å²) in [5.41, 5.74) is 0.581. The highest BCUT2D eigenvalue weighted by Crippen LogP contribution is 2.04. The Morgan fingerprint density at radius 3 is 2.85 bits per heavy atom. The number of aromatic nitrogens is 3. The van der Waals surface area contributed by atoms with Crippen LogP contribution in [0.4, 0.5) is 0 Å². The number of carbonyl (C=O) groups is 1. The monoisotopic (exact) mass is 270 g/mol. The molecule has 2 aromatic heterocycles. The minimum absolute atomic E-state index is 0.111. The Labute approximate surface area is 115 Å². The van der Waals surface area contributed by atoms with Crippen LogP contribution in [-0.4, -0.2) is 27.6 Å². The maximum absolute atomic E-state index is 12.1. The molecule has 20 heavy (non-hydrogen) atoms. The van der Waals surface area contributed by atoms with Crippen molar-refractivity contribution in [1.82, 2.24) is 20.1 Å². The Morgan fingerprint density at radius 1 is 1.40 bits per heavy atom. The van der Waals surface area contributed by atoms with E-state index < -0.39 is 11.2 Å². The lowest BCUT2D eigenvalue weighted by molar-refractivity contribution is 0.102. The number of rotatable bonds is 4. The topological polar surface area (TPSA) is 76.9 Å². The number of carbonyl (C=O) groups excluding carboxylic acids is 1. The number of ketones is 1. The average molecular weight is 270 g/mol. The van der Waals surface area contributed by atoms with Crippen LogP contribution >= 0.6 is 0 Å². The van der Waals surface area contributed by atoms with Gasteiger partial charge < -0.3 is 5.32 Å². The molecular formula is C14H14N4O2. The summed E-state index contributed by atoms with van der Waals surface area (Å²) in [7, 11) is 1.68. The molecule has 0 saturated carbocycles. The summed E-state index contributed by atoms with van der Waals surface area (Å²) in [6.07, 6.45) is 6.28. The number of hydrogen-bond donors (Lipinski definition) is 1. The Hall–Kier alpha value is -2.76. The van der Waals surface area contributed by atoms with Crippen LogP contribution in [0.2, 0.25) is 0 Å². The van der Waals surface area contributed by atoms with E-state index in [1.165, 1.54) is 23.1 Å². The van der Waals surface area contributed by atoms with Crippen molar-refractivity contribution < 1.29 is 4.79 Å². The summed E-state index contributed by atoms with van der Waals surface area (Å²) in [6, 6.07) is 4.86. The van der Waals surface area contributed by atoms with E-state index in [-0.39, 0.29) is 5.69 Å². The number of hydrogen-bond acceptors (Lipinski definition) is 5. The van der Waals surface area contributed by atoms with Crippen LogP contribution in [-0.2, 0) is 0 Å². The van der Waals surface area contributed by atoms with Gasteiger partial charge in [-0.25, -0.2) is 4.68 Å². The third-order valence-electron chi connectivity index (χ3n) is 2.65. The van der Waals surface area contributed by atoms with Gasteiger partial charge in [0, 0.05) is 37.3 Å². The molecule has 0 radical (unpaired) electrons. The lowest BCUT2D eigenvalue weighted by Crippen LogP contribution is -2.21. The molecule has 0 atom stereocenters. The molecule has 0 aliphatic rings. The quantitative estimate of drug-likeness (QED) is 0.660. The van der Waals surface area contributed by atoms with Crippen molar-refractivity contribution in [3.63, 3.8) is 0 Å². The molecule has 0 aromatic carbocycles. The summed E-state index contributed by atoms with van der Waals surface area (Å²) in [4.78, 5) is 27.9. The van der Waals surface area contributed by atoms with E-state index in [9.17, 15) is 9.59 Å². The average Bonchev–Trinajstić information content (AvgIpc) is 2.48. The van der Waals surface area contributed by atoms with Gasteiger partial charge in [0.2, 0.25) is 11.2 Å². The zero-order valence-corrected chi connectivity index (χ0v) is 11.2. The molecule has 0 spiro atoms. The Bertz CT molecular complexity index is 705. The highest BCUT2D eigenvalue weighted by Gasteiger charge is 2.15. The van der Waals surface area contributed by atoms with Gasteiger partial charge in [-0.1, -0.05) is 0 Å². The van der Waals surface area contributed by atoms with Crippen LogP contribution in [0.1, 0.15) is 17.4 Å². The molecule has 2 heterocycles. The fourth-order valence-corrected chi connectivity index (χ4v) is 1.67. The summed E-state index contributed by atoms with van der Waals surface area (Å²) in [6.45, 7) is 1.63. The predicted molar refractivity (Wildman–Crippen MR) is 74.8 cm³/mol. The van der Waals surface area contributed by atoms with Crippen LogP contribution in [0.25, 0.3) is 5.69 Å². The largest absolute Gasteiger partial charge is 0.394 e. The summed E-state index contributed by atoms with van der Waals surface area (Å²) in [5.74, 6) is -0.400. The molecule has 0 unspecified atom stereocenters. The van der Waals surface area contributed by atoms with Crippen molar-refractivity contribution in [1.29, 1.82) is 0 Å². The van der Waals surface area contributed by atoms with Crippen molar-refractivity contribution in [3.05, 3.63) is 64.5 Å². The van der Waals surface area contributed by atoms with Crippen molar-refractivity contribution >= 4 is 5.78 Å². The van der Waals surface area contributed by atoms with Crippen LogP contribution in [0.5, 0.6) is 0 Å². The van der Waals surface area contributed by atoms with Gasteiger partial charge in [0.1, 0.15) is 0 Å². The predicted octanol–water partition coefficient (Wildman–Crippen LogP) is 0.933. The van der Waals surface area contributed by atoms with Gasteiger partial charge in [0.15, 0.2) is 5.69 Å². The van der Waals surface area contributed by atoms with Crippen molar-refractivity contribution in [2.45, 2.75) is 6.92 Å². The van der Waals surface area contributed by atoms with Crippen LogP contribution < -0.4 is 10.7 Å². The number of Topliss-reactive ketones (excluding diaryl/α,β-unsaturated/α-hetero) is 1. The molecule has 2 aromatic rings. The molecule has 1 N–H and O–H groups in total. The van der Waals surface area contributed by atoms with E-state index in [2.05, 4.69) is 15.4 Å². The lowest BCUT2D eigenvalue weighted by Gasteiger charge is -2.06. The van der Waals surface area contributed by atoms with Crippen molar-refractivity contribution in [2.24, 2.45) is 0 Å². The lowest BCUT2D eigenvalue weighted by atomic mass is 10.1. The second kappa shape index (κ2) is 5.92. The smallest absolute Gasteiger partial charge is 0.214 e. The van der Waals surface area contributed by atoms with Gasteiger partial charge in [-0.05, 0) is 19.1 Å². The van der Waals surface area contributed by atoms with Crippen LogP contribution in [0.15, 0.2) is 53.4 Å². The van der Waals surface area contributed by atoms with Crippen LogP contribution in [0.3, 0.4) is 0 Å². The van der Waals surface area contributed by atoms with E-state index in [1.807, 2.05) is 0 Å². The molecule has 0 amide bonds. The van der Waals surface area contributed by atoms with Gasteiger partial charge in [-0.2, -0.15) is 5.10 Å². The summed E-state index contributed by atoms with van der Waals surface area (Å²) >= 11 is 0. The number of pyridine rings is 1. The van der Waals surface area contributed by atoms with Gasteiger partial charge in [-0.15, -0.1) is 0 Å². The molecule has 0 aliphatic heterocycles. The first-order valence-electron chi connectivity index (χ1n) is 6.02. The minimum atomic E-state index is -0.404. The fourth-order valence-electron chi connectivity index (χ4n) is 1.67. The second-order valence-corrected chi connectivity index (χ2v) is 4.13. The standard InChI is InChI=1S/C14H14N4O2/c1-10(8-15-2)14(20)13-12(19)5-7-18(17-13)11-4-3-6-16-9-11/h3-9,15H,1-2H3/b10-8+. The number of allylic oxidation sites excluding steroid dienone is 1. The Morgan fingerprint density at radius 2 is 2.20 bits per heavy atom. The molecule has 0 bridgehead atoms. The van der Waals surface area contributed by atoms with Gasteiger partial charge in [-0.3, -0.25) is 14.6 Å².